The normalized spacial score (nSPS) is 12.0. The molecule has 22 heavy (non-hydrogen) atoms. The highest BCUT2D eigenvalue weighted by Gasteiger charge is 2.10. The molecule has 0 aliphatic carbocycles. The minimum Gasteiger partial charge on any atom is -0.487 e. The molecule has 6 heteroatoms. The third-order valence-corrected chi connectivity index (χ3v) is 3.91. The zero-order valence-electron chi connectivity index (χ0n) is 12.7. The first kappa shape index (κ1) is 16.5. The monoisotopic (exact) mass is 320 g/mol. The molecule has 0 saturated heterocycles. The maximum absolute atomic E-state index is 12.1. The van der Waals surface area contributed by atoms with Gasteiger partial charge in [-0.15, -0.1) is 11.3 Å². The first-order valence-corrected chi connectivity index (χ1v) is 8.02. The molecule has 0 aliphatic heterocycles. The smallest absolute Gasteiger partial charge is 0.251 e. The summed E-state index contributed by atoms with van der Waals surface area (Å²) >= 11 is 1.58. The summed E-state index contributed by atoms with van der Waals surface area (Å²) < 4.78 is 5.67. The second kappa shape index (κ2) is 7.91. The lowest BCUT2D eigenvalue weighted by Gasteiger charge is -2.13. The van der Waals surface area contributed by atoms with Crippen molar-refractivity contribution in [3.8, 4) is 5.75 Å². The van der Waals surface area contributed by atoms with E-state index in [4.69, 9.17) is 9.84 Å². The quantitative estimate of drug-likeness (QED) is 0.822. The number of nitrogens with one attached hydrogen (secondary N) is 1. The van der Waals surface area contributed by atoms with E-state index in [1.54, 1.807) is 29.5 Å². The number of rotatable bonds is 7. The Morgan fingerprint density at radius 3 is 3.00 bits per heavy atom. The van der Waals surface area contributed by atoms with Crippen LogP contribution in [0, 0.1) is 6.92 Å². The number of hydrogen-bond acceptors (Lipinski definition) is 5. The van der Waals surface area contributed by atoms with Gasteiger partial charge in [-0.3, -0.25) is 4.79 Å². The zero-order valence-corrected chi connectivity index (χ0v) is 13.5. The molecule has 1 heterocycles. The van der Waals surface area contributed by atoms with Crippen molar-refractivity contribution in [1.29, 1.82) is 0 Å². The molecule has 0 unspecified atom stereocenters. The molecule has 5 nitrogen and oxygen atoms in total. The summed E-state index contributed by atoms with van der Waals surface area (Å²) in [4.78, 5) is 16.4. The van der Waals surface area contributed by atoms with Crippen LogP contribution >= 0.6 is 11.3 Å². The van der Waals surface area contributed by atoms with E-state index < -0.39 is 0 Å². The van der Waals surface area contributed by atoms with Crippen LogP contribution in [-0.4, -0.2) is 28.6 Å². The van der Waals surface area contributed by atoms with E-state index in [1.807, 2.05) is 25.3 Å². The van der Waals surface area contributed by atoms with Gasteiger partial charge in [0, 0.05) is 23.6 Å². The first-order valence-electron chi connectivity index (χ1n) is 7.14. The molecule has 0 radical (unpaired) electrons. The number of thiazole rings is 1. The number of aryl methyl sites for hydroxylation is 1. The van der Waals surface area contributed by atoms with E-state index >= 15 is 0 Å². The van der Waals surface area contributed by atoms with E-state index in [0.717, 1.165) is 10.7 Å². The van der Waals surface area contributed by atoms with Crippen LogP contribution in [0.15, 0.2) is 29.6 Å². The van der Waals surface area contributed by atoms with E-state index in [2.05, 4.69) is 10.3 Å². The van der Waals surface area contributed by atoms with Crippen LogP contribution in [0.2, 0.25) is 0 Å². The van der Waals surface area contributed by atoms with E-state index in [-0.39, 0.29) is 18.6 Å². The lowest BCUT2D eigenvalue weighted by atomic mass is 10.1. The summed E-state index contributed by atoms with van der Waals surface area (Å²) in [5, 5.41) is 14.7. The Balaban J connectivity index is 1.95. The Morgan fingerprint density at radius 1 is 1.50 bits per heavy atom. The van der Waals surface area contributed by atoms with Crippen LogP contribution in [0.1, 0.15) is 34.4 Å². The number of benzene rings is 1. The van der Waals surface area contributed by atoms with Crippen molar-refractivity contribution in [1.82, 2.24) is 10.3 Å². The molecule has 1 aromatic heterocycles. The van der Waals surface area contributed by atoms with Gasteiger partial charge in [0.2, 0.25) is 0 Å². The summed E-state index contributed by atoms with van der Waals surface area (Å²) in [6.45, 7) is 4.25. The first-order chi connectivity index (χ1) is 10.6. The number of ether oxygens (including phenoxy) is 1. The van der Waals surface area contributed by atoms with Gasteiger partial charge in [0.25, 0.3) is 5.91 Å². The molecule has 1 atom stereocenters. The highest BCUT2D eigenvalue weighted by molar-refractivity contribution is 7.09. The fourth-order valence-corrected chi connectivity index (χ4v) is 2.53. The SMILES string of the molecule is Cc1nc(COc2cccc(C(=O)N[C@H](C)CCO)c2)cs1. The average Bonchev–Trinajstić information content (AvgIpc) is 2.91. The molecule has 2 rings (SSSR count). The number of aliphatic hydroxyl groups is 1. The number of carbonyl (C=O) groups is 1. The molecule has 0 aliphatic rings. The van der Waals surface area contributed by atoms with Crippen LogP contribution in [0.25, 0.3) is 0 Å². The molecule has 2 aromatic rings. The second-order valence-corrected chi connectivity index (χ2v) is 6.12. The molecule has 1 amide bonds. The fourth-order valence-electron chi connectivity index (χ4n) is 1.93. The Labute approximate surface area is 134 Å². The van der Waals surface area contributed by atoms with Crippen LogP contribution < -0.4 is 10.1 Å². The number of carbonyl (C=O) groups excluding carboxylic acids is 1. The van der Waals surface area contributed by atoms with Gasteiger partial charge in [0.05, 0.1) is 10.7 Å². The maximum atomic E-state index is 12.1. The molecule has 1 aromatic carbocycles. The number of nitrogens with zero attached hydrogens (tertiary/aromatic N) is 1. The van der Waals surface area contributed by atoms with Crippen molar-refractivity contribution in [2.24, 2.45) is 0 Å². The zero-order chi connectivity index (χ0) is 15.9. The standard InChI is InChI=1S/C16H20N2O3S/c1-11(6-7-19)17-16(20)13-4-3-5-15(8-13)21-9-14-10-22-12(2)18-14/h3-5,8,10-11,19H,6-7,9H2,1-2H3,(H,17,20)/t11-/m1/s1. The van der Waals surface area contributed by atoms with Gasteiger partial charge in [0.1, 0.15) is 12.4 Å². The predicted molar refractivity (Wildman–Crippen MR) is 86.3 cm³/mol. The summed E-state index contributed by atoms with van der Waals surface area (Å²) in [5.41, 5.74) is 1.42. The van der Waals surface area contributed by atoms with Crippen molar-refractivity contribution in [3.63, 3.8) is 0 Å². The summed E-state index contributed by atoms with van der Waals surface area (Å²) in [7, 11) is 0. The number of aliphatic hydroxyl groups excluding tert-OH is 1. The summed E-state index contributed by atoms with van der Waals surface area (Å²) in [5.74, 6) is 0.462. The van der Waals surface area contributed by atoms with Crippen molar-refractivity contribution in [3.05, 3.63) is 45.9 Å². The fraction of sp³-hybridized carbons (Fsp3) is 0.375. The highest BCUT2D eigenvalue weighted by atomic mass is 32.1. The van der Waals surface area contributed by atoms with Gasteiger partial charge >= 0.3 is 0 Å². The molecular weight excluding hydrogens is 300 g/mol. The molecule has 0 fully saturated rings. The molecule has 2 N–H and O–H groups in total. The van der Waals surface area contributed by atoms with E-state index in [9.17, 15) is 4.79 Å². The van der Waals surface area contributed by atoms with Gasteiger partial charge in [0.15, 0.2) is 0 Å². The van der Waals surface area contributed by atoms with Crippen molar-refractivity contribution in [2.45, 2.75) is 32.9 Å². The van der Waals surface area contributed by atoms with Gasteiger partial charge in [-0.25, -0.2) is 4.98 Å². The topological polar surface area (TPSA) is 71.5 Å². The van der Waals surface area contributed by atoms with E-state index in [0.29, 0.717) is 24.3 Å². The van der Waals surface area contributed by atoms with Gasteiger partial charge in [-0.2, -0.15) is 0 Å². The Hall–Kier alpha value is -1.92. The average molecular weight is 320 g/mol. The molecule has 118 valence electrons. The summed E-state index contributed by atoms with van der Waals surface area (Å²) in [6, 6.07) is 6.97. The largest absolute Gasteiger partial charge is 0.487 e. The van der Waals surface area contributed by atoms with Gasteiger partial charge in [-0.05, 0) is 38.5 Å². The van der Waals surface area contributed by atoms with Crippen LogP contribution in [-0.2, 0) is 6.61 Å². The minimum absolute atomic E-state index is 0.0532. The Kier molecular flexibility index (Phi) is 5.91. The number of hydrogen-bond donors (Lipinski definition) is 2. The van der Waals surface area contributed by atoms with Crippen LogP contribution in [0.3, 0.4) is 0 Å². The molecule has 0 saturated carbocycles. The molecule has 0 bridgehead atoms. The molecular formula is C16H20N2O3S. The minimum atomic E-state index is -0.170. The third-order valence-electron chi connectivity index (χ3n) is 3.09. The highest BCUT2D eigenvalue weighted by Crippen LogP contribution is 2.16. The predicted octanol–water partition coefficient (Wildman–Crippen LogP) is 2.53. The summed E-state index contributed by atoms with van der Waals surface area (Å²) in [6.07, 6.45) is 0.533. The maximum Gasteiger partial charge on any atom is 0.251 e. The van der Waals surface area contributed by atoms with Gasteiger partial charge < -0.3 is 15.2 Å². The van der Waals surface area contributed by atoms with E-state index in [1.165, 1.54) is 0 Å². The lowest BCUT2D eigenvalue weighted by molar-refractivity contribution is 0.0934. The van der Waals surface area contributed by atoms with Crippen molar-refractivity contribution >= 4 is 17.2 Å². The third kappa shape index (κ3) is 4.82. The Morgan fingerprint density at radius 2 is 2.32 bits per heavy atom. The van der Waals surface area contributed by atoms with Crippen molar-refractivity contribution in [2.75, 3.05) is 6.61 Å². The number of aromatic nitrogens is 1. The second-order valence-electron chi connectivity index (χ2n) is 5.06. The Bertz CT molecular complexity index is 627. The van der Waals surface area contributed by atoms with Gasteiger partial charge in [-0.1, -0.05) is 6.07 Å². The van der Waals surface area contributed by atoms with Crippen molar-refractivity contribution < 1.29 is 14.6 Å². The molecule has 0 spiro atoms. The lowest BCUT2D eigenvalue weighted by Crippen LogP contribution is -2.33. The van der Waals surface area contributed by atoms with Crippen LogP contribution in [0.4, 0.5) is 0 Å². The number of amides is 1. The van der Waals surface area contributed by atoms with Crippen LogP contribution in [0.5, 0.6) is 5.75 Å².